The lowest BCUT2D eigenvalue weighted by atomic mass is 9.92. The zero-order chi connectivity index (χ0) is 24.1. The van der Waals surface area contributed by atoms with Crippen molar-refractivity contribution in [3.63, 3.8) is 0 Å². The summed E-state index contributed by atoms with van der Waals surface area (Å²) in [5.41, 5.74) is 3.43. The molecule has 7 nitrogen and oxygen atoms in total. The molecular weight excluding hydrogens is 452 g/mol. The van der Waals surface area contributed by atoms with E-state index in [-0.39, 0.29) is 11.8 Å². The summed E-state index contributed by atoms with van der Waals surface area (Å²) >= 11 is 0. The number of hydrogen-bond donors (Lipinski definition) is 1. The fraction of sp³-hybridized carbons (Fsp3) is 0.500. The normalized spacial score (nSPS) is 17.1. The van der Waals surface area contributed by atoms with E-state index in [4.69, 9.17) is 9.47 Å². The van der Waals surface area contributed by atoms with E-state index in [1.807, 2.05) is 30.3 Å². The molecule has 0 aromatic heterocycles. The van der Waals surface area contributed by atoms with Gasteiger partial charge in [0.25, 0.3) is 0 Å². The molecule has 1 amide bonds. The van der Waals surface area contributed by atoms with Gasteiger partial charge in [0.1, 0.15) is 11.5 Å². The number of hydrogen-bond acceptors (Lipinski definition) is 5. The van der Waals surface area contributed by atoms with Gasteiger partial charge < -0.3 is 14.8 Å². The Balaban J connectivity index is 1.29. The van der Waals surface area contributed by atoms with Crippen molar-refractivity contribution in [2.45, 2.75) is 49.8 Å². The number of benzene rings is 2. The first-order valence-corrected chi connectivity index (χ1v) is 13.5. The van der Waals surface area contributed by atoms with Gasteiger partial charge in [-0.3, -0.25) is 4.79 Å². The third-order valence-electron chi connectivity index (χ3n) is 6.97. The summed E-state index contributed by atoms with van der Waals surface area (Å²) in [5, 5.41) is 3.01. The van der Waals surface area contributed by atoms with Crippen molar-refractivity contribution >= 4 is 15.9 Å². The van der Waals surface area contributed by atoms with Gasteiger partial charge in [0, 0.05) is 31.6 Å². The van der Waals surface area contributed by atoms with E-state index in [1.165, 1.54) is 16.3 Å². The van der Waals surface area contributed by atoms with Crippen molar-refractivity contribution < 1.29 is 22.7 Å². The highest BCUT2D eigenvalue weighted by molar-refractivity contribution is 7.89. The number of rotatable bonds is 8. The average Bonchev–Trinajstić information content (AvgIpc) is 2.88. The van der Waals surface area contributed by atoms with E-state index < -0.39 is 10.0 Å². The van der Waals surface area contributed by atoms with Crippen molar-refractivity contribution in [2.24, 2.45) is 5.92 Å². The first kappa shape index (κ1) is 24.5. The van der Waals surface area contributed by atoms with Crippen LogP contribution in [0.15, 0.2) is 41.3 Å². The van der Waals surface area contributed by atoms with Gasteiger partial charge in [-0.15, -0.1) is 0 Å². The number of nitrogens with one attached hydrogen (secondary N) is 1. The summed E-state index contributed by atoms with van der Waals surface area (Å²) < 4.78 is 38.5. The molecule has 0 bridgehead atoms. The number of fused-ring (bicyclic) bond motifs is 1. The lowest BCUT2D eigenvalue weighted by Crippen LogP contribution is -2.43. The second-order valence-electron chi connectivity index (χ2n) is 9.03. The average molecular weight is 487 g/mol. The van der Waals surface area contributed by atoms with Crippen LogP contribution in [0.1, 0.15) is 42.4 Å². The summed E-state index contributed by atoms with van der Waals surface area (Å²) in [6.07, 6.45) is 5.96. The number of piperidine rings is 1. The molecule has 1 aliphatic heterocycles. The molecule has 4 rings (SSSR count). The van der Waals surface area contributed by atoms with Crippen molar-refractivity contribution in [3.8, 4) is 11.5 Å². The van der Waals surface area contributed by atoms with Crippen LogP contribution >= 0.6 is 0 Å². The summed E-state index contributed by atoms with van der Waals surface area (Å²) in [6.45, 7) is 1.22. The van der Waals surface area contributed by atoms with E-state index in [0.29, 0.717) is 43.8 Å². The van der Waals surface area contributed by atoms with E-state index in [0.717, 1.165) is 41.9 Å². The van der Waals surface area contributed by atoms with Crippen molar-refractivity contribution in [1.82, 2.24) is 9.62 Å². The Labute approximate surface area is 202 Å². The third kappa shape index (κ3) is 5.39. The Morgan fingerprint density at radius 1 is 1.00 bits per heavy atom. The predicted molar refractivity (Wildman–Crippen MR) is 131 cm³/mol. The third-order valence-corrected chi connectivity index (χ3v) is 8.86. The number of nitrogens with zero attached hydrogens (tertiary/aromatic N) is 1. The highest BCUT2D eigenvalue weighted by Gasteiger charge is 2.32. The van der Waals surface area contributed by atoms with Crippen molar-refractivity contribution in [1.29, 1.82) is 0 Å². The van der Waals surface area contributed by atoms with Crippen LogP contribution in [0.5, 0.6) is 11.5 Å². The van der Waals surface area contributed by atoms with E-state index in [9.17, 15) is 13.2 Å². The molecule has 2 aromatic carbocycles. The quantitative estimate of drug-likeness (QED) is 0.619. The maximum absolute atomic E-state index is 13.2. The lowest BCUT2D eigenvalue weighted by molar-refractivity contribution is -0.126. The second-order valence-corrected chi connectivity index (χ2v) is 11.0. The summed E-state index contributed by atoms with van der Waals surface area (Å²) in [4.78, 5) is 13.1. The molecule has 0 saturated carbocycles. The molecular formula is C26H34N2O5S. The summed E-state index contributed by atoms with van der Waals surface area (Å²) in [5.74, 6) is 1.27. The smallest absolute Gasteiger partial charge is 0.243 e. The molecule has 1 fully saturated rings. The van der Waals surface area contributed by atoms with Gasteiger partial charge >= 0.3 is 0 Å². The Morgan fingerprint density at radius 2 is 1.74 bits per heavy atom. The maximum Gasteiger partial charge on any atom is 0.243 e. The highest BCUT2D eigenvalue weighted by Crippen LogP contribution is 2.28. The van der Waals surface area contributed by atoms with Gasteiger partial charge in [-0.05, 0) is 79.8 Å². The number of aryl methyl sites for hydroxylation is 2. The Kier molecular flexibility index (Phi) is 7.78. The minimum Gasteiger partial charge on any atom is -0.497 e. The fourth-order valence-corrected chi connectivity index (χ4v) is 6.42. The predicted octanol–water partition coefficient (Wildman–Crippen LogP) is 3.34. The van der Waals surface area contributed by atoms with Gasteiger partial charge in [-0.2, -0.15) is 4.31 Å². The van der Waals surface area contributed by atoms with E-state index >= 15 is 0 Å². The SMILES string of the molecule is COc1ccc(CCNC(=O)C2CCN(S(=O)(=O)c3ccc4c(c3)CCCC4)CC2)c(OC)c1. The largest absolute Gasteiger partial charge is 0.497 e. The fourth-order valence-electron chi connectivity index (χ4n) is 4.90. The van der Waals surface area contributed by atoms with Crippen molar-refractivity contribution in [3.05, 3.63) is 53.1 Å². The van der Waals surface area contributed by atoms with Crippen LogP contribution in [-0.2, 0) is 34.1 Å². The number of carbonyl (C=O) groups is 1. The highest BCUT2D eigenvalue weighted by atomic mass is 32.2. The molecule has 0 atom stereocenters. The number of carbonyl (C=O) groups excluding carboxylic acids is 1. The lowest BCUT2D eigenvalue weighted by Gasteiger charge is -2.31. The van der Waals surface area contributed by atoms with Gasteiger partial charge in [0.15, 0.2) is 0 Å². The van der Waals surface area contributed by atoms with Crippen molar-refractivity contribution in [2.75, 3.05) is 33.9 Å². The topological polar surface area (TPSA) is 84.9 Å². The van der Waals surface area contributed by atoms with Crippen LogP contribution < -0.4 is 14.8 Å². The monoisotopic (exact) mass is 486 g/mol. The Hall–Kier alpha value is -2.58. The minimum atomic E-state index is -3.53. The van der Waals surface area contributed by atoms with E-state index in [2.05, 4.69) is 5.32 Å². The van der Waals surface area contributed by atoms with Crippen LogP contribution in [0.2, 0.25) is 0 Å². The summed E-state index contributed by atoms with van der Waals surface area (Å²) in [7, 11) is -0.310. The number of sulfonamides is 1. The number of ether oxygens (including phenoxy) is 2. The van der Waals surface area contributed by atoms with E-state index in [1.54, 1.807) is 20.3 Å². The Morgan fingerprint density at radius 3 is 2.44 bits per heavy atom. The molecule has 0 radical (unpaired) electrons. The molecule has 2 aliphatic rings. The first-order chi connectivity index (χ1) is 16.4. The summed E-state index contributed by atoms with van der Waals surface area (Å²) in [6, 6.07) is 11.2. The second kappa shape index (κ2) is 10.8. The van der Waals surface area contributed by atoms with Crippen LogP contribution in [0, 0.1) is 5.92 Å². The van der Waals surface area contributed by atoms with Gasteiger partial charge in [-0.1, -0.05) is 12.1 Å². The molecule has 1 N–H and O–H groups in total. The zero-order valence-electron chi connectivity index (χ0n) is 20.0. The van der Waals surface area contributed by atoms with Crippen LogP contribution in [0.4, 0.5) is 0 Å². The van der Waals surface area contributed by atoms with Crippen LogP contribution in [0.3, 0.4) is 0 Å². The Bertz CT molecular complexity index is 1120. The maximum atomic E-state index is 13.2. The molecule has 8 heteroatoms. The van der Waals surface area contributed by atoms with Gasteiger partial charge in [0.05, 0.1) is 19.1 Å². The standard InChI is InChI=1S/C26H34N2O5S/c1-32-23-9-7-20(25(18-23)33-2)11-14-27-26(29)21-12-15-28(16-13-21)34(30,31)24-10-8-19-5-3-4-6-22(19)17-24/h7-10,17-18,21H,3-6,11-16H2,1-2H3,(H,27,29). The molecule has 184 valence electrons. The van der Waals surface area contributed by atoms with Gasteiger partial charge in [0.2, 0.25) is 15.9 Å². The minimum absolute atomic E-state index is 0.0155. The van der Waals surface area contributed by atoms with Gasteiger partial charge in [-0.25, -0.2) is 8.42 Å². The molecule has 0 spiro atoms. The molecule has 1 aliphatic carbocycles. The zero-order valence-corrected chi connectivity index (χ0v) is 20.8. The first-order valence-electron chi connectivity index (χ1n) is 12.0. The molecule has 34 heavy (non-hydrogen) atoms. The number of methoxy groups -OCH3 is 2. The molecule has 1 saturated heterocycles. The van der Waals surface area contributed by atoms with Crippen LogP contribution in [-0.4, -0.2) is 52.5 Å². The van der Waals surface area contributed by atoms with Crippen LogP contribution in [0.25, 0.3) is 0 Å². The molecule has 2 aromatic rings. The number of amides is 1. The molecule has 0 unspecified atom stereocenters. The molecule has 1 heterocycles.